The Hall–Kier alpha value is -2.01. The summed E-state index contributed by atoms with van der Waals surface area (Å²) in [6, 6.07) is 7.44. The van der Waals surface area contributed by atoms with Gasteiger partial charge >= 0.3 is 0 Å². The van der Waals surface area contributed by atoms with Crippen molar-refractivity contribution in [2.75, 3.05) is 11.9 Å². The van der Waals surface area contributed by atoms with E-state index in [2.05, 4.69) is 10.4 Å². The lowest BCUT2D eigenvalue weighted by Crippen LogP contribution is -2.12. The molecule has 0 spiro atoms. The van der Waals surface area contributed by atoms with E-state index in [0.717, 1.165) is 11.4 Å². The Labute approximate surface area is 135 Å². The van der Waals surface area contributed by atoms with Crippen LogP contribution in [0.1, 0.15) is 32.7 Å². The fraction of sp³-hybridized carbons (Fsp3) is 0.375. The van der Waals surface area contributed by atoms with Crippen molar-refractivity contribution in [3.63, 3.8) is 0 Å². The maximum Gasteiger partial charge on any atom is 0.224 e. The van der Waals surface area contributed by atoms with Gasteiger partial charge in [0.25, 0.3) is 0 Å². The number of carbonyl (C=O) groups excluding carboxylic acids is 1. The summed E-state index contributed by atoms with van der Waals surface area (Å²) in [6.45, 7) is 4.56. The molecule has 5 nitrogen and oxygen atoms in total. The molecule has 1 aromatic carbocycles. The molecule has 22 heavy (non-hydrogen) atoms. The van der Waals surface area contributed by atoms with Crippen LogP contribution in [0.25, 0.3) is 0 Å². The van der Waals surface area contributed by atoms with Gasteiger partial charge in [-0.15, -0.1) is 0 Å². The highest BCUT2D eigenvalue weighted by Crippen LogP contribution is 2.16. The maximum atomic E-state index is 11.8. The fourth-order valence-corrected chi connectivity index (χ4v) is 1.99. The molecule has 0 atom stereocenters. The lowest BCUT2D eigenvalue weighted by atomic mass is 10.3. The van der Waals surface area contributed by atoms with Crippen LogP contribution in [0.15, 0.2) is 36.7 Å². The van der Waals surface area contributed by atoms with Crippen LogP contribution in [0.5, 0.6) is 5.75 Å². The zero-order valence-electron chi connectivity index (χ0n) is 12.8. The highest BCUT2D eigenvalue weighted by Gasteiger charge is 2.06. The zero-order valence-corrected chi connectivity index (χ0v) is 13.5. The summed E-state index contributed by atoms with van der Waals surface area (Å²) in [7, 11) is 0. The van der Waals surface area contributed by atoms with E-state index in [9.17, 15) is 4.79 Å². The van der Waals surface area contributed by atoms with Crippen LogP contribution in [-0.4, -0.2) is 22.3 Å². The molecule has 0 aliphatic rings. The Kier molecular flexibility index (Phi) is 5.83. The van der Waals surface area contributed by atoms with Crippen molar-refractivity contribution in [2.45, 2.75) is 32.7 Å². The van der Waals surface area contributed by atoms with Crippen molar-refractivity contribution in [1.82, 2.24) is 9.78 Å². The number of hydrogen-bond donors (Lipinski definition) is 1. The number of nitrogens with one attached hydrogen (secondary N) is 1. The topological polar surface area (TPSA) is 56.2 Å². The number of hydrogen-bond acceptors (Lipinski definition) is 3. The third-order valence-corrected chi connectivity index (χ3v) is 3.30. The van der Waals surface area contributed by atoms with Gasteiger partial charge in [-0.1, -0.05) is 11.6 Å². The molecule has 2 rings (SSSR count). The normalized spacial score (nSPS) is 10.7. The average molecular weight is 322 g/mol. The van der Waals surface area contributed by atoms with Crippen molar-refractivity contribution < 1.29 is 9.53 Å². The van der Waals surface area contributed by atoms with E-state index >= 15 is 0 Å². The van der Waals surface area contributed by atoms with Crippen LogP contribution < -0.4 is 10.1 Å². The molecule has 0 fully saturated rings. The summed E-state index contributed by atoms with van der Waals surface area (Å²) in [4.78, 5) is 11.8. The molecule has 0 radical (unpaired) electrons. The lowest BCUT2D eigenvalue weighted by Gasteiger charge is -2.06. The molecule has 0 unspecified atom stereocenters. The molecule has 1 heterocycles. The van der Waals surface area contributed by atoms with Crippen LogP contribution in [-0.2, 0) is 4.79 Å². The van der Waals surface area contributed by atoms with Crippen molar-refractivity contribution in [2.24, 2.45) is 0 Å². The van der Waals surface area contributed by atoms with Gasteiger partial charge in [0.2, 0.25) is 5.91 Å². The Morgan fingerprint density at radius 3 is 2.73 bits per heavy atom. The van der Waals surface area contributed by atoms with Crippen LogP contribution in [0.4, 0.5) is 5.69 Å². The Morgan fingerprint density at radius 1 is 1.36 bits per heavy atom. The summed E-state index contributed by atoms with van der Waals surface area (Å²) in [6.07, 6.45) is 4.53. The number of aromatic nitrogens is 2. The molecule has 0 bridgehead atoms. The highest BCUT2D eigenvalue weighted by molar-refractivity contribution is 6.30. The number of ether oxygens (including phenoxy) is 1. The number of nitrogens with zero attached hydrogens (tertiary/aromatic N) is 2. The van der Waals surface area contributed by atoms with Gasteiger partial charge in [-0.05, 0) is 44.5 Å². The molecule has 1 aromatic heterocycles. The van der Waals surface area contributed by atoms with Gasteiger partial charge in [-0.2, -0.15) is 5.10 Å². The van der Waals surface area contributed by atoms with Gasteiger partial charge in [0.1, 0.15) is 5.75 Å². The van der Waals surface area contributed by atoms with Gasteiger partial charge < -0.3 is 10.1 Å². The molecule has 6 heteroatoms. The predicted molar refractivity (Wildman–Crippen MR) is 87.4 cm³/mol. The van der Waals surface area contributed by atoms with Gasteiger partial charge in [-0.3, -0.25) is 9.48 Å². The number of rotatable bonds is 7. The zero-order chi connectivity index (χ0) is 15.9. The van der Waals surface area contributed by atoms with E-state index < -0.39 is 0 Å². The summed E-state index contributed by atoms with van der Waals surface area (Å²) in [5, 5.41) is 7.68. The number of anilines is 1. The molecule has 1 amide bonds. The van der Waals surface area contributed by atoms with E-state index in [1.54, 1.807) is 23.0 Å². The number of halogens is 1. The van der Waals surface area contributed by atoms with E-state index in [4.69, 9.17) is 16.3 Å². The Morgan fingerprint density at radius 2 is 2.09 bits per heavy atom. The molecule has 0 saturated heterocycles. The summed E-state index contributed by atoms with van der Waals surface area (Å²) in [5.74, 6) is 0.714. The molecular formula is C16H20ClN3O2. The molecular weight excluding hydrogens is 302 g/mol. The predicted octanol–water partition coefficient (Wildman–Crippen LogP) is 3.92. The molecule has 1 N–H and O–H groups in total. The average Bonchev–Trinajstić information content (AvgIpc) is 2.94. The summed E-state index contributed by atoms with van der Waals surface area (Å²) in [5.41, 5.74) is 0.720. The minimum Gasteiger partial charge on any atom is -0.494 e. The standard InChI is InChI=1S/C16H20ClN3O2/c1-12(2)20-11-14(10-18-20)19-16(21)4-3-9-22-15-7-5-13(17)6-8-15/h5-8,10-12H,3-4,9H2,1-2H3,(H,19,21). The second kappa shape index (κ2) is 7.84. The monoisotopic (exact) mass is 321 g/mol. The number of benzene rings is 1. The van der Waals surface area contributed by atoms with Crippen LogP contribution >= 0.6 is 11.6 Å². The van der Waals surface area contributed by atoms with Gasteiger partial charge in [0, 0.05) is 23.7 Å². The quantitative estimate of drug-likeness (QED) is 0.786. The number of carbonyl (C=O) groups is 1. The van der Waals surface area contributed by atoms with Crippen molar-refractivity contribution in [3.05, 3.63) is 41.7 Å². The SMILES string of the molecule is CC(C)n1cc(NC(=O)CCCOc2ccc(Cl)cc2)cn1. The maximum absolute atomic E-state index is 11.8. The lowest BCUT2D eigenvalue weighted by molar-refractivity contribution is -0.116. The van der Waals surface area contributed by atoms with Gasteiger partial charge in [-0.25, -0.2) is 0 Å². The van der Waals surface area contributed by atoms with Crippen LogP contribution in [0, 0.1) is 0 Å². The number of amides is 1. The largest absolute Gasteiger partial charge is 0.494 e. The second-order valence-electron chi connectivity index (χ2n) is 5.26. The molecule has 0 aliphatic heterocycles. The first-order valence-corrected chi connectivity index (χ1v) is 7.65. The second-order valence-corrected chi connectivity index (χ2v) is 5.69. The minimum absolute atomic E-state index is 0.0389. The van der Waals surface area contributed by atoms with Gasteiger partial charge in [0.05, 0.1) is 18.5 Å². The minimum atomic E-state index is -0.0389. The van der Waals surface area contributed by atoms with E-state index in [-0.39, 0.29) is 11.9 Å². The fourth-order valence-electron chi connectivity index (χ4n) is 1.86. The molecule has 2 aromatic rings. The first-order chi connectivity index (χ1) is 10.5. The Bertz CT molecular complexity index is 608. The molecule has 0 saturated carbocycles. The van der Waals surface area contributed by atoms with E-state index in [1.807, 2.05) is 32.2 Å². The van der Waals surface area contributed by atoms with E-state index in [0.29, 0.717) is 24.5 Å². The van der Waals surface area contributed by atoms with Crippen LogP contribution in [0.2, 0.25) is 5.02 Å². The first-order valence-electron chi connectivity index (χ1n) is 7.27. The van der Waals surface area contributed by atoms with Crippen molar-refractivity contribution in [1.29, 1.82) is 0 Å². The van der Waals surface area contributed by atoms with Crippen molar-refractivity contribution in [3.8, 4) is 5.75 Å². The molecule has 118 valence electrons. The summed E-state index contributed by atoms with van der Waals surface area (Å²) < 4.78 is 7.35. The molecule has 0 aliphatic carbocycles. The summed E-state index contributed by atoms with van der Waals surface area (Å²) >= 11 is 5.80. The third kappa shape index (κ3) is 5.07. The Balaban J connectivity index is 1.68. The highest BCUT2D eigenvalue weighted by atomic mass is 35.5. The van der Waals surface area contributed by atoms with E-state index in [1.165, 1.54) is 0 Å². The first kappa shape index (κ1) is 16.4. The smallest absolute Gasteiger partial charge is 0.224 e. The van der Waals surface area contributed by atoms with Gasteiger partial charge in [0.15, 0.2) is 0 Å². The van der Waals surface area contributed by atoms with Crippen LogP contribution in [0.3, 0.4) is 0 Å². The van der Waals surface area contributed by atoms with Crippen molar-refractivity contribution >= 4 is 23.2 Å². The third-order valence-electron chi connectivity index (χ3n) is 3.04.